The summed E-state index contributed by atoms with van der Waals surface area (Å²) >= 11 is 1.27. The largest absolute Gasteiger partial charge is 0.497 e. The lowest BCUT2D eigenvalue weighted by Gasteiger charge is -2.07. The molecule has 7 heteroatoms. The van der Waals surface area contributed by atoms with Crippen molar-refractivity contribution in [3.63, 3.8) is 0 Å². The molecule has 122 valence electrons. The second kappa shape index (κ2) is 7.18. The number of aliphatic imine (C=N–C) groups is 1. The first kappa shape index (κ1) is 16.1. The number of amides is 1. The maximum Gasteiger partial charge on any atom is 0.264 e. The third-order valence-electron chi connectivity index (χ3n) is 3.25. The predicted octanol–water partition coefficient (Wildman–Crippen LogP) is 2.99. The van der Waals surface area contributed by atoms with E-state index in [0.717, 1.165) is 5.56 Å². The van der Waals surface area contributed by atoms with Crippen molar-refractivity contribution < 1.29 is 14.3 Å². The fourth-order valence-electron chi connectivity index (χ4n) is 2.10. The molecule has 24 heavy (non-hydrogen) atoms. The van der Waals surface area contributed by atoms with Gasteiger partial charge in [0, 0.05) is 17.8 Å². The molecule has 1 aliphatic heterocycles. The summed E-state index contributed by atoms with van der Waals surface area (Å²) in [6.45, 7) is 0. The van der Waals surface area contributed by atoms with Gasteiger partial charge in [0.25, 0.3) is 5.91 Å². The summed E-state index contributed by atoms with van der Waals surface area (Å²) in [6.07, 6.45) is 5.07. The fraction of sp³-hybridized carbons (Fsp3) is 0.118. The Hall–Kier alpha value is -2.80. The topological polar surface area (TPSA) is 72.8 Å². The normalized spacial score (nSPS) is 17.2. The Morgan fingerprint density at radius 1 is 1.25 bits per heavy atom. The number of ether oxygens (including phenoxy) is 2. The molecule has 1 N–H and O–H groups in total. The maximum atomic E-state index is 12.1. The lowest BCUT2D eigenvalue weighted by atomic mass is 10.1. The zero-order chi connectivity index (χ0) is 16.9. The highest BCUT2D eigenvalue weighted by Crippen LogP contribution is 2.32. The number of amidine groups is 1. The van der Waals surface area contributed by atoms with Crippen molar-refractivity contribution in [2.24, 2.45) is 4.99 Å². The van der Waals surface area contributed by atoms with Crippen molar-refractivity contribution in [3.05, 3.63) is 53.2 Å². The Bertz CT molecular complexity index is 819. The van der Waals surface area contributed by atoms with Gasteiger partial charge >= 0.3 is 0 Å². The van der Waals surface area contributed by atoms with Crippen molar-refractivity contribution in [1.29, 1.82) is 0 Å². The van der Waals surface area contributed by atoms with Gasteiger partial charge in [-0.2, -0.15) is 0 Å². The number of hydrogen-bond acceptors (Lipinski definition) is 6. The van der Waals surface area contributed by atoms with E-state index in [0.29, 0.717) is 27.3 Å². The van der Waals surface area contributed by atoms with Crippen LogP contribution in [-0.2, 0) is 4.79 Å². The summed E-state index contributed by atoms with van der Waals surface area (Å²) in [6, 6.07) is 9.04. The monoisotopic (exact) mass is 341 g/mol. The van der Waals surface area contributed by atoms with Crippen LogP contribution in [0.4, 0.5) is 5.69 Å². The number of benzene rings is 1. The van der Waals surface area contributed by atoms with E-state index in [1.165, 1.54) is 11.8 Å². The Balaban J connectivity index is 1.86. The highest BCUT2D eigenvalue weighted by atomic mass is 32.2. The van der Waals surface area contributed by atoms with E-state index >= 15 is 0 Å². The molecule has 1 saturated heterocycles. The lowest BCUT2D eigenvalue weighted by Crippen LogP contribution is -2.19. The van der Waals surface area contributed by atoms with E-state index in [-0.39, 0.29) is 5.91 Å². The zero-order valence-corrected chi connectivity index (χ0v) is 14.0. The van der Waals surface area contributed by atoms with Crippen LogP contribution in [0.1, 0.15) is 5.56 Å². The number of carbonyl (C=O) groups excluding carboxylic acids is 1. The van der Waals surface area contributed by atoms with Gasteiger partial charge in [-0.25, -0.2) is 4.99 Å². The molecule has 0 spiro atoms. The number of nitrogens with zero attached hydrogens (tertiary/aromatic N) is 2. The SMILES string of the molecule is COc1ccc(/C=C2\SC(=Nc3cccnc3)NC2=O)c(OC)c1. The van der Waals surface area contributed by atoms with Crippen molar-refractivity contribution >= 4 is 34.6 Å². The number of nitrogens with one attached hydrogen (secondary N) is 1. The number of rotatable bonds is 4. The molecule has 3 rings (SSSR count). The van der Waals surface area contributed by atoms with E-state index in [2.05, 4.69) is 15.3 Å². The van der Waals surface area contributed by atoms with Gasteiger partial charge in [-0.15, -0.1) is 0 Å². The minimum Gasteiger partial charge on any atom is -0.497 e. The van der Waals surface area contributed by atoms with Crippen LogP contribution in [0, 0.1) is 0 Å². The van der Waals surface area contributed by atoms with Crippen molar-refractivity contribution in [1.82, 2.24) is 10.3 Å². The number of pyridine rings is 1. The second-order valence-corrected chi connectivity index (χ2v) is 5.83. The van der Waals surface area contributed by atoms with E-state index in [4.69, 9.17) is 9.47 Å². The Morgan fingerprint density at radius 2 is 2.12 bits per heavy atom. The Morgan fingerprint density at radius 3 is 2.83 bits per heavy atom. The second-order valence-electron chi connectivity index (χ2n) is 4.80. The van der Waals surface area contributed by atoms with Crippen molar-refractivity contribution in [2.75, 3.05) is 14.2 Å². The van der Waals surface area contributed by atoms with Gasteiger partial charge in [-0.1, -0.05) is 0 Å². The molecule has 1 fully saturated rings. The minimum absolute atomic E-state index is 0.194. The smallest absolute Gasteiger partial charge is 0.264 e. The van der Waals surface area contributed by atoms with Crippen LogP contribution in [0.3, 0.4) is 0 Å². The van der Waals surface area contributed by atoms with Gasteiger partial charge in [0.2, 0.25) is 0 Å². The quantitative estimate of drug-likeness (QED) is 0.866. The first-order valence-electron chi connectivity index (χ1n) is 7.11. The van der Waals surface area contributed by atoms with Crippen molar-refractivity contribution in [2.45, 2.75) is 0 Å². The number of aromatic nitrogens is 1. The first-order chi connectivity index (χ1) is 11.7. The molecule has 1 aromatic heterocycles. The molecule has 0 atom stereocenters. The Kier molecular flexibility index (Phi) is 4.81. The Labute approximate surface area is 143 Å². The predicted molar refractivity (Wildman–Crippen MR) is 94.6 cm³/mol. The molecule has 6 nitrogen and oxygen atoms in total. The van der Waals surface area contributed by atoms with Gasteiger partial charge in [-0.05, 0) is 42.1 Å². The average molecular weight is 341 g/mol. The summed E-state index contributed by atoms with van der Waals surface area (Å²) in [5, 5.41) is 3.27. The number of methoxy groups -OCH3 is 2. The van der Waals surface area contributed by atoms with Crippen molar-refractivity contribution in [3.8, 4) is 11.5 Å². The third-order valence-corrected chi connectivity index (χ3v) is 4.16. The van der Waals surface area contributed by atoms with Gasteiger partial charge in [0.15, 0.2) is 5.17 Å². The van der Waals surface area contributed by atoms with Crippen LogP contribution < -0.4 is 14.8 Å². The molecule has 2 heterocycles. The molecule has 1 aliphatic rings. The molecular formula is C17H15N3O3S. The lowest BCUT2D eigenvalue weighted by molar-refractivity contribution is -0.115. The minimum atomic E-state index is -0.194. The van der Waals surface area contributed by atoms with Crippen LogP contribution in [-0.4, -0.2) is 30.3 Å². The zero-order valence-electron chi connectivity index (χ0n) is 13.1. The molecular weight excluding hydrogens is 326 g/mol. The molecule has 2 aromatic rings. The molecule has 1 aromatic carbocycles. The summed E-state index contributed by atoms with van der Waals surface area (Å²) in [4.78, 5) is 21.0. The molecule has 0 bridgehead atoms. The fourth-order valence-corrected chi connectivity index (χ4v) is 2.93. The number of thioether (sulfide) groups is 1. The molecule has 0 saturated carbocycles. The van der Waals surface area contributed by atoms with Crippen LogP contribution in [0.25, 0.3) is 6.08 Å². The van der Waals surface area contributed by atoms with E-state index < -0.39 is 0 Å². The third kappa shape index (κ3) is 3.57. The highest BCUT2D eigenvalue weighted by Gasteiger charge is 2.24. The molecule has 0 aliphatic carbocycles. The standard InChI is InChI=1S/C17H15N3O3S/c1-22-13-6-5-11(14(9-13)23-2)8-15-16(21)20-17(24-15)19-12-4-3-7-18-10-12/h3-10H,1-2H3,(H,19,20,21)/b15-8-. The number of hydrogen-bond donors (Lipinski definition) is 1. The van der Waals surface area contributed by atoms with E-state index in [1.807, 2.05) is 18.2 Å². The summed E-state index contributed by atoms with van der Waals surface area (Å²) in [5.41, 5.74) is 1.47. The molecule has 0 radical (unpaired) electrons. The summed E-state index contributed by atoms with van der Waals surface area (Å²) in [7, 11) is 3.17. The highest BCUT2D eigenvalue weighted by molar-refractivity contribution is 8.18. The van der Waals surface area contributed by atoms with Crippen LogP contribution in [0.2, 0.25) is 0 Å². The first-order valence-corrected chi connectivity index (χ1v) is 7.93. The number of carbonyl (C=O) groups is 1. The molecule has 0 unspecified atom stereocenters. The summed E-state index contributed by atoms with van der Waals surface area (Å²) < 4.78 is 10.5. The average Bonchev–Trinajstić information content (AvgIpc) is 2.95. The van der Waals surface area contributed by atoms with Crippen LogP contribution >= 0.6 is 11.8 Å². The van der Waals surface area contributed by atoms with E-state index in [9.17, 15) is 4.79 Å². The van der Waals surface area contributed by atoms with Gasteiger partial charge < -0.3 is 14.8 Å². The van der Waals surface area contributed by atoms with Crippen LogP contribution in [0.5, 0.6) is 11.5 Å². The molecule has 1 amide bonds. The van der Waals surface area contributed by atoms with Gasteiger partial charge in [0.05, 0.1) is 31.0 Å². The van der Waals surface area contributed by atoms with E-state index in [1.54, 1.807) is 44.8 Å². The van der Waals surface area contributed by atoms with Gasteiger partial charge in [-0.3, -0.25) is 9.78 Å². The van der Waals surface area contributed by atoms with Gasteiger partial charge in [0.1, 0.15) is 11.5 Å². The maximum absolute atomic E-state index is 12.1. The van der Waals surface area contributed by atoms with Crippen LogP contribution in [0.15, 0.2) is 52.6 Å². The summed E-state index contributed by atoms with van der Waals surface area (Å²) in [5.74, 6) is 1.13.